The zero-order valence-corrected chi connectivity index (χ0v) is 14.1. The van der Waals surface area contributed by atoms with Gasteiger partial charge in [-0.1, -0.05) is 0 Å². The molecule has 25 heavy (non-hydrogen) atoms. The Morgan fingerprint density at radius 1 is 1.36 bits per heavy atom. The molecule has 1 amide bonds. The topological polar surface area (TPSA) is 102 Å². The van der Waals surface area contributed by atoms with Crippen molar-refractivity contribution in [2.45, 2.75) is 31.9 Å². The lowest BCUT2D eigenvalue weighted by atomic mass is 9.75. The maximum Gasteiger partial charge on any atom is 0.287 e. The van der Waals surface area contributed by atoms with Crippen LogP contribution in [0.3, 0.4) is 0 Å². The molecule has 2 heterocycles. The Labute approximate surface area is 144 Å². The van der Waals surface area contributed by atoms with Gasteiger partial charge in [0.2, 0.25) is 0 Å². The summed E-state index contributed by atoms with van der Waals surface area (Å²) in [5.74, 6) is 0.514. The number of amides is 1. The minimum atomic E-state index is -0.477. The fraction of sp³-hybridized carbons (Fsp3) is 0.389. The van der Waals surface area contributed by atoms with E-state index < -0.39 is 5.91 Å². The molecule has 1 saturated carbocycles. The molecule has 0 unspecified atom stereocenters. The van der Waals surface area contributed by atoms with Crippen LogP contribution in [0.15, 0.2) is 39.8 Å². The van der Waals surface area contributed by atoms with Crippen molar-refractivity contribution in [3.05, 3.63) is 57.9 Å². The first-order valence-electron chi connectivity index (χ1n) is 8.06. The van der Waals surface area contributed by atoms with Crippen molar-refractivity contribution in [2.75, 3.05) is 7.11 Å². The van der Waals surface area contributed by atoms with Crippen LogP contribution in [0, 0.1) is 12.8 Å². The number of methoxy groups -OCH3 is 1. The van der Waals surface area contributed by atoms with E-state index in [1.807, 2.05) is 0 Å². The second-order valence-corrected chi connectivity index (χ2v) is 6.26. The minimum Gasteiger partial charge on any atom is -0.495 e. The van der Waals surface area contributed by atoms with E-state index in [0.717, 1.165) is 5.56 Å². The second-order valence-electron chi connectivity index (χ2n) is 6.26. The molecule has 0 aliphatic heterocycles. The van der Waals surface area contributed by atoms with Gasteiger partial charge in [-0.15, -0.1) is 0 Å². The van der Waals surface area contributed by atoms with Gasteiger partial charge in [-0.3, -0.25) is 14.6 Å². The molecule has 3 rings (SSSR count). The smallest absolute Gasteiger partial charge is 0.287 e. The molecule has 7 heteroatoms. The molecule has 2 N–H and O–H groups in total. The molecule has 7 nitrogen and oxygen atoms in total. The molecule has 1 fully saturated rings. The second kappa shape index (κ2) is 7.06. The summed E-state index contributed by atoms with van der Waals surface area (Å²) >= 11 is 0. The zero-order valence-electron chi connectivity index (χ0n) is 14.1. The molecule has 2 aromatic heterocycles. The number of carbonyl (C=O) groups is 1. The fourth-order valence-corrected chi connectivity index (χ4v) is 3.02. The summed E-state index contributed by atoms with van der Waals surface area (Å²) in [5, 5.41) is 12.5. The van der Waals surface area contributed by atoms with Crippen molar-refractivity contribution in [2.24, 2.45) is 5.92 Å². The highest BCUT2D eigenvalue weighted by molar-refractivity contribution is 5.91. The first-order valence-corrected chi connectivity index (χ1v) is 8.06. The van der Waals surface area contributed by atoms with Gasteiger partial charge in [0.25, 0.3) is 5.91 Å². The highest BCUT2D eigenvalue weighted by Gasteiger charge is 2.36. The van der Waals surface area contributed by atoms with E-state index in [-0.39, 0.29) is 29.3 Å². The lowest BCUT2D eigenvalue weighted by Gasteiger charge is -2.38. The summed E-state index contributed by atoms with van der Waals surface area (Å²) in [6.07, 6.45) is 4.04. The molecule has 0 spiro atoms. The number of nitrogens with one attached hydrogen (secondary N) is 1. The molecule has 132 valence electrons. The largest absolute Gasteiger partial charge is 0.495 e. The number of ether oxygens (including phenoxy) is 1. The summed E-state index contributed by atoms with van der Waals surface area (Å²) in [7, 11) is 1.54. The van der Waals surface area contributed by atoms with E-state index in [9.17, 15) is 14.7 Å². The third-order valence-corrected chi connectivity index (χ3v) is 4.35. The first kappa shape index (κ1) is 17.2. The summed E-state index contributed by atoms with van der Waals surface area (Å²) in [5.41, 5.74) is 0.493. The van der Waals surface area contributed by atoms with Crippen LogP contribution in [0.5, 0.6) is 5.75 Å². The number of carbonyl (C=O) groups excluding carboxylic acids is 1. The number of hydrogen-bond acceptors (Lipinski definition) is 6. The molecule has 1 aliphatic rings. The summed E-state index contributed by atoms with van der Waals surface area (Å²) in [4.78, 5) is 28.3. The van der Waals surface area contributed by atoms with Gasteiger partial charge >= 0.3 is 0 Å². The molecule has 1 aliphatic carbocycles. The summed E-state index contributed by atoms with van der Waals surface area (Å²) in [6, 6.07) is 3.93. The van der Waals surface area contributed by atoms with E-state index in [4.69, 9.17) is 9.15 Å². The number of aromatic nitrogens is 1. The third kappa shape index (κ3) is 3.88. The number of aryl methyl sites for hydroxylation is 1. The van der Waals surface area contributed by atoms with Crippen LogP contribution in [0.1, 0.15) is 40.8 Å². The van der Waals surface area contributed by atoms with Crippen LogP contribution in [0.25, 0.3) is 0 Å². The summed E-state index contributed by atoms with van der Waals surface area (Å²) < 4.78 is 10.5. The normalized spacial score (nSPS) is 20.4. The fourth-order valence-electron chi connectivity index (χ4n) is 3.02. The van der Waals surface area contributed by atoms with Crippen LogP contribution in [0.2, 0.25) is 0 Å². The lowest BCUT2D eigenvalue weighted by Crippen LogP contribution is -2.41. The average molecular weight is 344 g/mol. The van der Waals surface area contributed by atoms with E-state index >= 15 is 0 Å². The number of nitrogens with zero attached hydrogens (tertiary/aromatic N) is 1. The Kier molecular flexibility index (Phi) is 4.85. The Morgan fingerprint density at radius 3 is 2.76 bits per heavy atom. The molecule has 0 bridgehead atoms. The number of rotatable bonds is 5. The van der Waals surface area contributed by atoms with Gasteiger partial charge in [-0.2, -0.15) is 0 Å². The average Bonchev–Trinajstić information content (AvgIpc) is 2.56. The van der Waals surface area contributed by atoms with Crippen LogP contribution in [0.4, 0.5) is 0 Å². The van der Waals surface area contributed by atoms with Crippen LogP contribution in [-0.4, -0.2) is 29.2 Å². The minimum absolute atomic E-state index is 0.0364. The molecule has 0 saturated heterocycles. The van der Waals surface area contributed by atoms with Gasteiger partial charge in [0.15, 0.2) is 11.2 Å². The van der Waals surface area contributed by atoms with Gasteiger partial charge in [0, 0.05) is 18.3 Å². The highest BCUT2D eigenvalue weighted by atomic mass is 16.5. The Hall–Kier alpha value is -2.67. The predicted octanol–water partition coefficient (Wildman–Crippen LogP) is 1.59. The van der Waals surface area contributed by atoms with Crippen molar-refractivity contribution in [3.63, 3.8) is 0 Å². The quantitative estimate of drug-likeness (QED) is 0.854. The SMILES string of the molecule is COc1cncc([C@H](NC(=O)c2cc(=O)cc(C)o2)C2CC(O)C2)c1. The molecular weight excluding hydrogens is 324 g/mol. The van der Waals surface area contributed by atoms with Gasteiger partial charge in [-0.25, -0.2) is 0 Å². The standard InChI is InChI=1S/C18H20N2O5/c1-10-3-13(21)7-16(25-10)18(23)20-17(11-4-14(22)5-11)12-6-15(24-2)9-19-8-12/h3,6-9,11,14,17,22H,4-5H2,1-2H3,(H,20,23)/t11?,14?,17-/m1/s1. The van der Waals surface area contributed by atoms with E-state index in [1.165, 1.54) is 12.1 Å². The molecule has 2 aromatic rings. The number of aliphatic hydroxyl groups excluding tert-OH is 1. The van der Waals surface area contributed by atoms with Crippen molar-refractivity contribution < 1.29 is 19.1 Å². The molecule has 0 radical (unpaired) electrons. The zero-order chi connectivity index (χ0) is 18.0. The number of pyridine rings is 1. The lowest BCUT2D eigenvalue weighted by molar-refractivity contribution is 0.0231. The van der Waals surface area contributed by atoms with E-state index in [0.29, 0.717) is 24.4 Å². The molecule has 1 atom stereocenters. The predicted molar refractivity (Wildman–Crippen MR) is 89.4 cm³/mol. The van der Waals surface area contributed by atoms with Crippen LogP contribution >= 0.6 is 0 Å². The van der Waals surface area contributed by atoms with E-state index in [2.05, 4.69) is 10.3 Å². The maximum absolute atomic E-state index is 12.6. The third-order valence-electron chi connectivity index (χ3n) is 4.35. The van der Waals surface area contributed by atoms with Crippen LogP contribution < -0.4 is 15.5 Å². The Balaban J connectivity index is 1.87. The molecule has 0 aromatic carbocycles. The van der Waals surface area contributed by atoms with E-state index in [1.54, 1.807) is 32.5 Å². The number of hydrogen-bond donors (Lipinski definition) is 2. The van der Waals surface area contributed by atoms with Crippen molar-refractivity contribution in [1.82, 2.24) is 10.3 Å². The summed E-state index contributed by atoms with van der Waals surface area (Å²) in [6.45, 7) is 1.62. The molecular formula is C18H20N2O5. The van der Waals surface area contributed by atoms with Gasteiger partial charge in [0.1, 0.15) is 11.5 Å². The monoisotopic (exact) mass is 344 g/mol. The highest BCUT2D eigenvalue weighted by Crippen LogP contribution is 2.38. The van der Waals surface area contributed by atoms with Gasteiger partial charge < -0.3 is 19.6 Å². The van der Waals surface area contributed by atoms with Crippen molar-refractivity contribution in [1.29, 1.82) is 0 Å². The maximum atomic E-state index is 12.6. The Bertz CT molecular complexity index is 826. The first-order chi connectivity index (χ1) is 12.0. The van der Waals surface area contributed by atoms with Crippen molar-refractivity contribution in [3.8, 4) is 5.75 Å². The van der Waals surface area contributed by atoms with Gasteiger partial charge in [0.05, 0.1) is 25.5 Å². The van der Waals surface area contributed by atoms with Crippen LogP contribution in [-0.2, 0) is 0 Å². The number of aliphatic hydroxyl groups is 1. The van der Waals surface area contributed by atoms with Crippen molar-refractivity contribution >= 4 is 5.91 Å². The van der Waals surface area contributed by atoms with Gasteiger partial charge in [-0.05, 0) is 37.3 Å². The Morgan fingerprint density at radius 2 is 2.12 bits per heavy atom.